The number of phenols is 1. The van der Waals surface area contributed by atoms with E-state index in [0.29, 0.717) is 18.7 Å². The van der Waals surface area contributed by atoms with Crippen molar-refractivity contribution in [1.29, 1.82) is 0 Å². The van der Waals surface area contributed by atoms with E-state index in [-0.39, 0.29) is 23.7 Å². The van der Waals surface area contributed by atoms with Gasteiger partial charge in [0.15, 0.2) is 11.5 Å². The van der Waals surface area contributed by atoms with Crippen molar-refractivity contribution in [2.24, 2.45) is 0 Å². The molecule has 0 atom stereocenters. The summed E-state index contributed by atoms with van der Waals surface area (Å²) in [6.45, 7) is 0.799. The molecule has 0 bridgehead atoms. The Kier molecular flexibility index (Phi) is 9.47. The summed E-state index contributed by atoms with van der Waals surface area (Å²) >= 11 is 0. The van der Waals surface area contributed by atoms with Gasteiger partial charge in [0.05, 0.1) is 19.1 Å². The SMILES string of the molecule is COc1cc(/C=C/C(=O)NCCCCCCON(O)O)ccc1O. The number of phenolic OH excluding ortho intramolecular Hbond substituents is 1. The second kappa shape index (κ2) is 11.4. The lowest BCUT2D eigenvalue weighted by molar-refractivity contribution is -0.492. The number of methoxy groups -OCH3 is 1. The van der Waals surface area contributed by atoms with Gasteiger partial charge in [0.25, 0.3) is 0 Å². The van der Waals surface area contributed by atoms with Crippen LogP contribution >= 0.6 is 0 Å². The van der Waals surface area contributed by atoms with E-state index in [1.54, 1.807) is 18.2 Å². The number of rotatable bonds is 11. The van der Waals surface area contributed by atoms with Crippen LogP contribution in [0.4, 0.5) is 0 Å². The van der Waals surface area contributed by atoms with Crippen LogP contribution in [0.1, 0.15) is 31.2 Å². The Hall–Kier alpha value is -2.13. The van der Waals surface area contributed by atoms with Gasteiger partial charge in [-0.2, -0.15) is 0 Å². The molecule has 0 heterocycles. The van der Waals surface area contributed by atoms with Gasteiger partial charge in [0.1, 0.15) is 0 Å². The fourth-order valence-electron chi connectivity index (χ4n) is 1.97. The zero-order valence-electron chi connectivity index (χ0n) is 13.6. The summed E-state index contributed by atoms with van der Waals surface area (Å²) in [5, 5.41) is 28.6. The summed E-state index contributed by atoms with van der Waals surface area (Å²) in [5.74, 6) is 0.212. The minimum atomic E-state index is -0.295. The predicted molar refractivity (Wildman–Crippen MR) is 86.5 cm³/mol. The molecule has 8 heteroatoms. The Morgan fingerprint density at radius 2 is 2.00 bits per heavy atom. The highest BCUT2D eigenvalue weighted by Crippen LogP contribution is 2.26. The number of aromatic hydroxyl groups is 1. The summed E-state index contributed by atoms with van der Waals surface area (Å²) in [4.78, 5) is 16.1. The second-order valence-corrected chi connectivity index (χ2v) is 5.06. The molecule has 1 aromatic rings. The van der Waals surface area contributed by atoms with Crippen molar-refractivity contribution in [3.8, 4) is 11.5 Å². The highest BCUT2D eigenvalue weighted by molar-refractivity contribution is 5.91. The van der Waals surface area contributed by atoms with Gasteiger partial charge in [-0.25, -0.2) is 0 Å². The highest BCUT2D eigenvalue weighted by atomic mass is 17.1. The van der Waals surface area contributed by atoms with Crippen molar-refractivity contribution in [3.05, 3.63) is 29.8 Å². The van der Waals surface area contributed by atoms with Crippen molar-refractivity contribution >= 4 is 12.0 Å². The molecule has 0 aliphatic rings. The van der Waals surface area contributed by atoms with Gasteiger partial charge < -0.3 is 15.2 Å². The summed E-state index contributed by atoms with van der Waals surface area (Å²) in [5.41, 5.74) is 0.751. The lowest BCUT2D eigenvalue weighted by Gasteiger charge is -2.06. The number of carbonyl (C=O) groups is 1. The molecule has 134 valence electrons. The fraction of sp³-hybridized carbons (Fsp3) is 0.438. The Morgan fingerprint density at radius 1 is 1.25 bits per heavy atom. The van der Waals surface area contributed by atoms with Gasteiger partial charge in [-0.15, -0.1) is 0 Å². The van der Waals surface area contributed by atoms with Crippen molar-refractivity contribution in [3.63, 3.8) is 0 Å². The molecule has 1 amide bonds. The normalized spacial score (nSPS) is 11.2. The molecule has 24 heavy (non-hydrogen) atoms. The van der Waals surface area contributed by atoms with E-state index in [4.69, 9.17) is 15.2 Å². The third-order valence-corrected chi connectivity index (χ3v) is 3.21. The lowest BCUT2D eigenvalue weighted by Crippen LogP contribution is -2.22. The zero-order valence-corrected chi connectivity index (χ0v) is 13.6. The number of unbranched alkanes of at least 4 members (excludes halogenated alkanes) is 3. The maximum absolute atomic E-state index is 11.7. The van der Waals surface area contributed by atoms with Crippen molar-refractivity contribution in [2.75, 3.05) is 20.3 Å². The first-order valence-corrected chi connectivity index (χ1v) is 7.66. The number of carbonyl (C=O) groups excluding carboxylic acids is 1. The maximum atomic E-state index is 11.7. The van der Waals surface area contributed by atoms with Crippen LogP contribution in [0.25, 0.3) is 6.08 Å². The van der Waals surface area contributed by atoms with Crippen LogP contribution in [-0.2, 0) is 9.63 Å². The van der Waals surface area contributed by atoms with Crippen LogP contribution < -0.4 is 10.1 Å². The molecular weight excluding hydrogens is 316 g/mol. The molecule has 8 nitrogen and oxygen atoms in total. The maximum Gasteiger partial charge on any atom is 0.243 e. The van der Waals surface area contributed by atoms with E-state index in [0.717, 1.165) is 24.8 Å². The van der Waals surface area contributed by atoms with Crippen molar-refractivity contribution in [1.82, 2.24) is 10.7 Å². The topological polar surface area (TPSA) is 111 Å². The molecule has 4 N–H and O–H groups in total. The molecule has 0 saturated carbocycles. The van der Waals surface area contributed by atoms with Crippen LogP contribution in [0.5, 0.6) is 11.5 Å². The first kappa shape index (κ1) is 19.9. The molecule has 0 aliphatic carbocycles. The highest BCUT2D eigenvalue weighted by Gasteiger charge is 2.01. The van der Waals surface area contributed by atoms with E-state index >= 15 is 0 Å². The molecule has 0 aromatic heterocycles. The molecule has 0 aliphatic heterocycles. The minimum Gasteiger partial charge on any atom is -0.504 e. The third-order valence-electron chi connectivity index (χ3n) is 3.21. The largest absolute Gasteiger partial charge is 0.504 e. The number of nitrogens with zero attached hydrogens (tertiary/aromatic N) is 1. The van der Waals surface area contributed by atoms with Crippen LogP contribution in [-0.4, -0.2) is 47.1 Å². The molecular formula is C16H24N2O6. The molecule has 0 unspecified atom stereocenters. The molecule has 1 rings (SSSR count). The van der Waals surface area contributed by atoms with E-state index in [1.807, 2.05) is 0 Å². The first-order chi connectivity index (χ1) is 11.5. The molecule has 0 spiro atoms. The van der Waals surface area contributed by atoms with Gasteiger partial charge in [0.2, 0.25) is 5.91 Å². The zero-order chi connectivity index (χ0) is 17.8. The Balaban J connectivity index is 2.17. The van der Waals surface area contributed by atoms with Gasteiger partial charge >= 0.3 is 0 Å². The number of benzene rings is 1. The average molecular weight is 340 g/mol. The minimum absolute atomic E-state index is 0.0511. The lowest BCUT2D eigenvalue weighted by atomic mass is 10.2. The van der Waals surface area contributed by atoms with E-state index in [1.165, 1.54) is 19.3 Å². The monoisotopic (exact) mass is 340 g/mol. The van der Waals surface area contributed by atoms with E-state index < -0.39 is 0 Å². The van der Waals surface area contributed by atoms with Crippen LogP contribution in [0.3, 0.4) is 0 Å². The molecule has 0 fully saturated rings. The number of hydrogen-bond donors (Lipinski definition) is 4. The first-order valence-electron chi connectivity index (χ1n) is 7.66. The summed E-state index contributed by atoms with van der Waals surface area (Å²) in [6, 6.07) is 4.83. The van der Waals surface area contributed by atoms with Crippen LogP contribution in [0.15, 0.2) is 24.3 Å². The number of nitrogens with one attached hydrogen (secondary N) is 1. The smallest absolute Gasteiger partial charge is 0.243 e. The van der Waals surface area contributed by atoms with Gasteiger partial charge in [0, 0.05) is 12.6 Å². The van der Waals surface area contributed by atoms with Gasteiger partial charge in [-0.1, -0.05) is 18.9 Å². The molecule has 0 saturated heterocycles. The average Bonchev–Trinajstić information content (AvgIpc) is 2.56. The van der Waals surface area contributed by atoms with Crippen LogP contribution in [0, 0.1) is 0 Å². The van der Waals surface area contributed by atoms with E-state index in [9.17, 15) is 9.90 Å². The fourth-order valence-corrected chi connectivity index (χ4v) is 1.97. The van der Waals surface area contributed by atoms with Crippen molar-refractivity contribution < 1.29 is 29.9 Å². The van der Waals surface area contributed by atoms with Gasteiger partial charge in [-0.3, -0.25) is 20.0 Å². The molecule has 1 aromatic carbocycles. The summed E-state index contributed by atoms with van der Waals surface area (Å²) in [7, 11) is 1.46. The van der Waals surface area contributed by atoms with Crippen LogP contribution in [0.2, 0.25) is 0 Å². The Labute approximate surface area is 140 Å². The van der Waals surface area contributed by atoms with Gasteiger partial charge in [-0.05, 0) is 36.6 Å². The predicted octanol–water partition coefficient (Wildman–Crippen LogP) is 2.10. The summed E-state index contributed by atoms with van der Waals surface area (Å²) < 4.78 is 5.00. The number of hydrogen-bond acceptors (Lipinski definition) is 7. The molecule has 0 radical (unpaired) electrons. The van der Waals surface area contributed by atoms with E-state index in [2.05, 4.69) is 10.2 Å². The standard InChI is InChI=1S/C16H24N2O6/c1-23-15-12-13(6-8-14(15)19)7-9-16(20)17-10-4-2-3-5-11-24-18(21)22/h6-9,12,19,21-22H,2-5,10-11H2,1H3,(H,17,20)/b9-7+. The third kappa shape index (κ3) is 8.49. The number of amides is 1. The quantitative estimate of drug-likeness (QED) is 0.277. The number of ether oxygens (including phenoxy) is 1. The summed E-state index contributed by atoms with van der Waals surface area (Å²) in [6.07, 6.45) is 6.37. The Morgan fingerprint density at radius 3 is 2.71 bits per heavy atom. The Bertz CT molecular complexity index is 533. The second-order valence-electron chi connectivity index (χ2n) is 5.06. The van der Waals surface area contributed by atoms with Crippen molar-refractivity contribution in [2.45, 2.75) is 25.7 Å².